The predicted octanol–water partition coefficient (Wildman–Crippen LogP) is 2.49. The first kappa shape index (κ1) is 26.6. The number of aryl methyl sites for hydroxylation is 1. The largest absolute Gasteiger partial charge is 1.00 e. The molecule has 0 heterocycles. The van der Waals surface area contributed by atoms with Crippen LogP contribution < -0.4 is 61.2 Å². The summed E-state index contributed by atoms with van der Waals surface area (Å²) in [5.74, 6) is -0.539. The van der Waals surface area contributed by atoms with Gasteiger partial charge in [0.25, 0.3) is 10.1 Å². The van der Waals surface area contributed by atoms with Gasteiger partial charge in [-0.15, -0.1) is 0 Å². The van der Waals surface area contributed by atoms with E-state index in [1.807, 2.05) is 12.1 Å². The van der Waals surface area contributed by atoms with E-state index in [-0.39, 0.29) is 57.1 Å². The van der Waals surface area contributed by atoms with Crippen LogP contribution in [-0.2, 0) is 16.5 Å². The van der Waals surface area contributed by atoms with Gasteiger partial charge >= 0.3 is 51.4 Å². The summed E-state index contributed by atoms with van der Waals surface area (Å²) in [4.78, 5) is -0.684. The average Bonchev–Trinajstić information content (AvgIpc) is 2.66. The molecule has 7 heteroatoms. The Morgan fingerprint density at radius 1 is 0.897 bits per heavy atom. The van der Waals surface area contributed by atoms with Crippen molar-refractivity contribution in [2.45, 2.75) is 69.6 Å². The molecule has 0 saturated heterocycles. The third kappa shape index (κ3) is 9.51. The van der Waals surface area contributed by atoms with Gasteiger partial charge in [0.05, 0.1) is 4.90 Å². The van der Waals surface area contributed by atoms with Gasteiger partial charge in [0.2, 0.25) is 0 Å². The number of unbranched alkanes of at least 4 members (excludes halogenated alkanes) is 7. The minimum atomic E-state index is -4.57. The molecule has 0 aliphatic heterocycles. The van der Waals surface area contributed by atoms with Gasteiger partial charge in [0.1, 0.15) is 11.5 Å². The van der Waals surface area contributed by atoms with Gasteiger partial charge in [-0.1, -0.05) is 70.1 Å². The first-order valence-corrected chi connectivity index (χ1v) is 11.4. The van der Waals surface area contributed by atoms with Crippen LogP contribution in [0.15, 0.2) is 47.4 Å². The number of hydrogen-bond acceptors (Lipinski definition) is 4. The minimum absolute atomic E-state index is 0. The van der Waals surface area contributed by atoms with Crippen molar-refractivity contribution in [2.75, 3.05) is 0 Å². The molecule has 0 bridgehead atoms. The predicted molar refractivity (Wildman–Crippen MR) is 109 cm³/mol. The van der Waals surface area contributed by atoms with Gasteiger partial charge in [-0.25, -0.2) is 0 Å². The molecule has 0 saturated carbocycles. The fraction of sp³-hybridized carbons (Fsp3) is 0.455. The van der Waals surface area contributed by atoms with E-state index < -0.39 is 20.8 Å². The Balaban J connectivity index is 0.00000420. The molecule has 0 aliphatic carbocycles. The van der Waals surface area contributed by atoms with Crippen molar-refractivity contribution in [1.82, 2.24) is 0 Å². The van der Waals surface area contributed by atoms with E-state index >= 15 is 0 Å². The van der Waals surface area contributed by atoms with Crippen molar-refractivity contribution in [3.8, 4) is 17.2 Å². The first-order chi connectivity index (χ1) is 13.4. The van der Waals surface area contributed by atoms with E-state index in [0.29, 0.717) is 5.75 Å². The van der Waals surface area contributed by atoms with E-state index in [1.54, 1.807) is 12.1 Å². The Labute approximate surface area is 217 Å². The zero-order valence-electron chi connectivity index (χ0n) is 17.4. The molecule has 0 atom stereocenters. The Kier molecular flexibility index (Phi) is 12.7. The fourth-order valence-electron chi connectivity index (χ4n) is 3.09. The first-order valence-electron chi connectivity index (χ1n) is 9.96. The van der Waals surface area contributed by atoms with Crippen LogP contribution in [0.4, 0.5) is 0 Å². The minimum Gasteiger partial charge on any atom is -0.869 e. The topological polar surface area (TPSA) is 86.7 Å². The van der Waals surface area contributed by atoms with Crippen molar-refractivity contribution in [3.63, 3.8) is 0 Å². The van der Waals surface area contributed by atoms with Crippen molar-refractivity contribution in [2.24, 2.45) is 0 Å². The van der Waals surface area contributed by atoms with Gasteiger partial charge in [-0.3, -0.25) is 4.55 Å². The zero-order valence-corrected chi connectivity index (χ0v) is 21.3. The molecule has 2 rings (SSSR count). The summed E-state index contributed by atoms with van der Waals surface area (Å²) in [7, 11) is -4.57. The van der Waals surface area contributed by atoms with Crippen molar-refractivity contribution in [1.29, 1.82) is 0 Å². The summed E-state index contributed by atoms with van der Waals surface area (Å²) < 4.78 is 37.0. The Bertz CT molecular complexity index is 835. The van der Waals surface area contributed by atoms with Gasteiger partial charge < -0.3 is 9.84 Å². The molecule has 0 spiro atoms. The third-order valence-corrected chi connectivity index (χ3v) is 5.57. The molecule has 5 nitrogen and oxygen atoms in total. The molecule has 0 fully saturated rings. The Morgan fingerprint density at radius 3 is 2.07 bits per heavy atom. The quantitative estimate of drug-likeness (QED) is 0.309. The number of para-hydroxylation sites is 1. The summed E-state index contributed by atoms with van der Waals surface area (Å²) in [5, 5.41) is 12.1. The van der Waals surface area contributed by atoms with Gasteiger partial charge in [-0.05, 0) is 48.4 Å². The number of benzene rings is 2. The molecule has 0 radical (unpaired) electrons. The van der Waals surface area contributed by atoms with Crippen LogP contribution in [0, 0.1) is 0 Å². The van der Waals surface area contributed by atoms with E-state index in [2.05, 4.69) is 6.92 Å². The van der Waals surface area contributed by atoms with Gasteiger partial charge in [0, 0.05) is 0 Å². The molecular weight excluding hydrogens is 415 g/mol. The maximum atomic E-state index is 12.1. The molecule has 154 valence electrons. The number of hydrogen-bond donors (Lipinski definition) is 1. The van der Waals surface area contributed by atoms with E-state index in [0.717, 1.165) is 18.9 Å². The Hall–Kier alpha value is -0.414. The maximum Gasteiger partial charge on any atom is 1.00 e. The summed E-state index contributed by atoms with van der Waals surface area (Å²) >= 11 is 0. The van der Waals surface area contributed by atoms with Crippen molar-refractivity contribution >= 4 is 10.1 Å². The monoisotopic (exact) mass is 444 g/mol. The molecule has 29 heavy (non-hydrogen) atoms. The van der Waals surface area contributed by atoms with Crippen LogP contribution in [0.3, 0.4) is 0 Å². The summed E-state index contributed by atoms with van der Waals surface area (Å²) in [5.41, 5.74) is 1.20. The standard InChI is InChI=1S/C22H30O5S.K/c1-2-3-4-5-6-7-8-9-11-18-14-16-19(17-15-18)27-20-12-10-13-21(22(20)23)28(24,25)26;/h10,12-17,23H,2-9,11H2,1H3,(H,24,25,26);/q;+1/p-1. The average molecular weight is 445 g/mol. The molecule has 0 amide bonds. The molecule has 2 aromatic rings. The van der Waals surface area contributed by atoms with Gasteiger partial charge in [-0.2, -0.15) is 8.42 Å². The second-order valence-electron chi connectivity index (χ2n) is 7.03. The zero-order chi connectivity index (χ0) is 20.4. The van der Waals surface area contributed by atoms with Crippen LogP contribution in [0.5, 0.6) is 17.2 Å². The summed E-state index contributed by atoms with van der Waals surface area (Å²) in [6.07, 6.45) is 11.3. The number of rotatable bonds is 12. The molecular formula is C22H29KO5S. The smallest absolute Gasteiger partial charge is 0.869 e. The Morgan fingerprint density at radius 2 is 1.48 bits per heavy atom. The van der Waals surface area contributed by atoms with E-state index in [9.17, 15) is 13.5 Å². The SMILES string of the molecule is CCCCCCCCCCc1ccc(Oc2cccc(S(=O)(=O)O)c2[O-])cc1.[K+]. The summed E-state index contributed by atoms with van der Waals surface area (Å²) in [6, 6.07) is 11.2. The normalized spacial score (nSPS) is 11.1. The molecule has 2 aromatic carbocycles. The van der Waals surface area contributed by atoms with Gasteiger partial charge in [0.15, 0.2) is 0 Å². The molecule has 0 unspecified atom stereocenters. The van der Waals surface area contributed by atoms with E-state index in [4.69, 9.17) is 9.29 Å². The van der Waals surface area contributed by atoms with Crippen LogP contribution in [0.25, 0.3) is 0 Å². The maximum absolute atomic E-state index is 12.1. The number of ether oxygens (including phenoxy) is 1. The van der Waals surface area contributed by atoms with Crippen LogP contribution in [0.2, 0.25) is 0 Å². The van der Waals surface area contributed by atoms with Crippen LogP contribution >= 0.6 is 0 Å². The van der Waals surface area contributed by atoms with Crippen molar-refractivity contribution < 1.29 is 74.2 Å². The van der Waals surface area contributed by atoms with Crippen LogP contribution in [-0.4, -0.2) is 13.0 Å². The second-order valence-corrected chi connectivity index (χ2v) is 8.42. The van der Waals surface area contributed by atoms with Crippen LogP contribution in [0.1, 0.15) is 63.9 Å². The second kappa shape index (κ2) is 13.8. The van der Waals surface area contributed by atoms with E-state index in [1.165, 1.54) is 62.6 Å². The third-order valence-electron chi connectivity index (χ3n) is 4.69. The molecule has 1 N–H and O–H groups in total. The molecule has 0 aromatic heterocycles. The van der Waals surface area contributed by atoms with Crippen molar-refractivity contribution in [3.05, 3.63) is 48.0 Å². The molecule has 0 aliphatic rings. The summed E-state index contributed by atoms with van der Waals surface area (Å²) in [6.45, 7) is 2.23. The fourth-order valence-corrected chi connectivity index (χ4v) is 3.68.